The van der Waals surface area contributed by atoms with Gasteiger partial charge >= 0.3 is 12.1 Å². The molecule has 36 heavy (non-hydrogen) atoms. The van der Waals surface area contributed by atoms with Gasteiger partial charge in [-0.2, -0.15) is 0 Å². The van der Waals surface area contributed by atoms with Gasteiger partial charge in [0.2, 0.25) is 0 Å². The number of amides is 3. The van der Waals surface area contributed by atoms with Crippen molar-refractivity contribution in [2.24, 2.45) is 5.92 Å². The number of hydrogen-bond donors (Lipinski definition) is 1. The summed E-state index contributed by atoms with van der Waals surface area (Å²) in [5, 5.41) is 10.8. The molecule has 0 heterocycles. The number of para-hydroxylation sites is 1. The zero-order valence-corrected chi connectivity index (χ0v) is 22.6. The molecule has 1 N–H and O–H groups in total. The molecule has 0 saturated carbocycles. The van der Waals surface area contributed by atoms with Crippen molar-refractivity contribution >= 4 is 12.1 Å². The third-order valence-electron chi connectivity index (χ3n) is 5.51. The summed E-state index contributed by atoms with van der Waals surface area (Å²) < 4.78 is 11.4. The minimum absolute atomic E-state index is 0.0705. The maximum Gasteiger partial charge on any atom is 0.418 e. The van der Waals surface area contributed by atoms with Crippen molar-refractivity contribution in [1.82, 2.24) is 9.80 Å². The lowest BCUT2D eigenvalue weighted by Crippen LogP contribution is -2.49. The largest absolute Gasteiger partial charge is 0.504 e. The van der Waals surface area contributed by atoms with Gasteiger partial charge in [-0.15, -0.1) is 0 Å². The second-order valence-corrected chi connectivity index (χ2v) is 10.4. The van der Waals surface area contributed by atoms with Gasteiger partial charge in [-0.1, -0.05) is 63.2 Å². The van der Waals surface area contributed by atoms with Crippen LogP contribution in [0.25, 0.3) is 0 Å². The first-order valence-corrected chi connectivity index (χ1v) is 12.8. The number of benzene rings is 2. The Bertz CT molecular complexity index is 969. The monoisotopic (exact) mass is 498 g/mol. The molecule has 0 aliphatic rings. The van der Waals surface area contributed by atoms with Gasteiger partial charge in [0, 0.05) is 19.6 Å². The van der Waals surface area contributed by atoms with Gasteiger partial charge in [-0.25, -0.2) is 14.5 Å². The fraction of sp³-hybridized carbons (Fsp3) is 0.517. The Morgan fingerprint density at radius 3 is 2.28 bits per heavy atom. The van der Waals surface area contributed by atoms with Crippen LogP contribution in [0.15, 0.2) is 48.5 Å². The van der Waals surface area contributed by atoms with Crippen molar-refractivity contribution in [2.45, 2.75) is 73.0 Å². The van der Waals surface area contributed by atoms with E-state index in [0.717, 1.165) is 12.0 Å². The Hall–Kier alpha value is -3.22. The van der Waals surface area contributed by atoms with Crippen molar-refractivity contribution < 1.29 is 24.2 Å². The number of phenolic OH excluding ortho intramolecular Hbond substituents is 1. The van der Waals surface area contributed by atoms with Crippen molar-refractivity contribution in [3.63, 3.8) is 0 Å². The fourth-order valence-corrected chi connectivity index (χ4v) is 3.59. The molecule has 0 bridgehead atoms. The molecule has 2 aromatic carbocycles. The predicted molar refractivity (Wildman–Crippen MR) is 142 cm³/mol. The lowest BCUT2D eigenvalue weighted by Gasteiger charge is -2.31. The highest BCUT2D eigenvalue weighted by atomic mass is 16.6. The van der Waals surface area contributed by atoms with Crippen molar-refractivity contribution in [2.75, 3.05) is 19.6 Å². The van der Waals surface area contributed by atoms with Gasteiger partial charge in [0.1, 0.15) is 12.2 Å². The van der Waals surface area contributed by atoms with Gasteiger partial charge in [-0.05, 0) is 63.1 Å². The molecule has 0 spiro atoms. The van der Waals surface area contributed by atoms with Crippen LogP contribution >= 0.6 is 0 Å². The summed E-state index contributed by atoms with van der Waals surface area (Å²) in [4.78, 5) is 29.2. The van der Waals surface area contributed by atoms with Crippen LogP contribution in [0, 0.1) is 5.92 Å². The Labute approximate surface area is 216 Å². The molecule has 3 amide bonds. The smallest absolute Gasteiger partial charge is 0.418 e. The summed E-state index contributed by atoms with van der Waals surface area (Å²) in [6, 6.07) is 14.8. The lowest BCUT2D eigenvalue weighted by molar-refractivity contribution is 0.0278. The van der Waals surface area contributed by atoms with Gasteiger partial charge in [-0.3, -0.25) is 0 Å². The summed E-state index contributed by atoms with van der Waals surface area (Å²) in [6.07, 6.45) is 1.22. The number of hydrogen-bond acceptors (Lipinski definition) is 5. The Morgan fingerprint density at radius 1 is 0.972 bits per heavy atom. The summed E-state index contributed by atoms with van der Waals surface area (Å²) in [5.41, 5.74) is 0.987. The number of carbonyl (C=O) groups is 2. The molecule has 0 aliphatic carbocycles. The molecule has 0 fully saturated rings. The van der Waals surface area contributed by atoms with Crippen LogP contribution in [0.5, 0.6) is 11.5 Å². The van der Waals surface area contributed by atoms with E-state index >= 15 is 0 Å². The number of nitrogens with zero attached hydrogens (tertiary/aromatic N) is 2. The number of rotatable bonds is 11. The molecule has 0 aliphatic heterocycles. The molecule has 0 unspecified atom stereocenters. The average molecular weight is 499 g/mol. The second-order valence-electron chi connectivity index (χ2n) is 10.4. The van der Waals surface area contributed by atoms with E-state index in [9.17, 15) is 14.7 Å². The van der Waals surface area contributed by atoms with E-state index in [0.29, 0.717) is 56.3 Å². The molecule has 7 nitrogen and oxygen atoms in total. The van der Waals surface area contributed by atoms with Crippen LogP contribution in [0.3, 0.4) is 0 Å². The predicted octanol–water partition coefficient (Wildman–Crippen LogP) is 6.63. The molecule has 0 aromatic heterocycles. The highest BCUT2D eigenvalue weighted by Gasteiger charge is 2.30. The minimum atomic E-state index is -0.699. The third kappa shape index (κ3) is 9.44. The highest BCUT2D eigenvalue weighted by Crippen LogP contribution is 2.31. The Morgan fingerprint density at radius 2 is 1.67 bits per heavy atom. The maximum atomic E-state index is 13.5. The van der Waals surface area contributed by atoms with E-state index in [1.165, 1.54) is 4.90 Å². The zero-order valence-electron chi connectivity index (χ0n) is 22.6. The van der Waals surface area contributed by atoms with E-state index in [4.69, 9.17) is 9.47 Å². The maximum absolute atomic E-state index is 13.5. The standard InChI is InChI=1S/C29H42N2O5/c1-7-18-30(27(33)31(20-16-22(2)3)28(34)36-29(4,5)6)19-17-24-14-11-15-25(26(24)32)35-21-23-12-9-8-10-13-23/h8-15,22,32H,7,16-21H2,1-6H3. The van der Waals surface area contributed by atoms with Crippen LogP contribution in [0.2, 0.25) is 0 Å². The van der Waals surface area contributed by atoms with Crippen LogP contribution in [-0.4, -0.2) is 52.3 Å². The molecule has 0 radical (unpaired) electrons. The average Bonchev–Trinajstić information content (AvgIpc) is 2.81. The van der Waals surface area contributed by atoms with E-state index < -0.39 is 11.7 Å². The molecular weight excluding hydrogens is 456 g/mol. The Kier molecular flexibility index (Phi) is 11.1. The quantitative estimate of drug-likeness (QED) is 0.376. The zero-order chi connectivity index (χ0) is 26.7. The summed E-state index contributed by atoms with van der Waals surface area (Å²) in [7, 11) is 0. The summed E-state index contributed by atoms with van der Waals surface area (Å²) >= 11 is 0. The molecule has 7 heteroatoms. The molecular formula is C29H42N2O5. The van der Waals surface area contributed by atoms with Crippen LogP contribution in [-0.2, 0) is 17.8 Å². The van der Waals surface area contributed by atoms with Crippen LogP contribution < -0.4 is 4.74 Å². The SMILES string of the molecule is CCCN(CCc1cccc(OCc2ccccc2)c1O)C(=O)N(CCC(C)C)C(=O)OC(C)(C)C. The highest BCUT2D eigenvalue weighted by molar-refractivity contribution is 5.91. The van der Waals surface area contributed by atoms with Gasteiger partial charge in [0.25, 0.3) is 0 Å². The number of carbonyl (C=O) groups excluding carboxylic acids is 2. The first-order valence-electron chi connectivity index (χ1n) is 12.8. The van der Waals surface area contributed by atoms with Crippen molar-refractivity contribution in [3.05, 3.63) is 59.7 Å². The third-order valence-corrected chi connectivity index (χ3v) is 5.51. The number of ether oxygens (including phenoxy) is 2. The first kappa shape index (κ1) is 29.0. The molecule has 0 atom stereocenters. The summed E-state index contributed by atoms with van der Waals surface area (Å²) in [6.45, 7) is 12.9. The van der Waals surface area contributed by atoms with E-state index in [2.05, 4.69) is 13.8 Å². The molecule has 2 aromatic rings. The topological polar surface area (TPSA) is 79.3 Å². The Balaban J connectivity index is 2.13. The van der Waals surface area contributed by atoms with Crippen LogP contribution in [0.4, 0.5) is 9.59 Å². The minimum Gasteiger partial charge on any atom is -0.504 e. The summed E-state index contributed by atoms with van der Waals surface area (Å²) in [5.74, 6) is 0.802. The number of urea groups is 1. The normalized spacial score (nSPS) is 11.3. The van der Waals surface area contributed by atoms with E-state index in [1.54, 1.807) is 31.7 Å². The van der Waals surface area contributed by atoms with E-state index in [1.807, 2.05) is 49.4 Å². The van der Waals surface area contributed by atoms with Gasteiger partial charge < -0.3 is 19.5 Å². The van der Waals surface area contributed by atoms with Crippen molar-refractivity contribution in [1.29, 1.82) is 0 Å². The van der Waals surface area contributed by atoms with Gasteiger partial charge in [0.05, 0.1) is 0 Å². The fourth-order valence-electron chi connectivity index (χ4n) is 3.59. The second kappa shape index (κ2) is 13.8. The molecule has 2 rings (SSSR count). The van der Waals surface area contributed by atoms with Crippen LogP contribution in [0.1, 0.15) is 65.5 Å². The molecule has 198 valence electrons. The van der Waals surface area contributed by atoms with Crippen molar-refractivity contribution in [3.8, 4) is 11.5 Å². The first-order chi connectivity index (χ1) is 17.0. The lowest BCUT2D eigenvalue weighted by atomic mass is 10.1. The number of aromatic hydroxyl groups is 1. The van der Waals surface area contributed by atoms with E-state index in [-0.39, 0.29) is 11.8 Å². The molecule has 0 saturated heterocycles. The number of phenols is 1. The van der Waals surface area contributed by atoms with Gasteiger partial charge in [0.15, 0.2) is 11.5 Å². The number of imide groups is 1.